The highest BCUT2D eigenvalue weighted by Gasteiger charge is 2.10. The van der Waals surface area contributed by atoms with Crippen molar-refractivity contribution in [2.45, 2.75) is 0 Å². The molecule has 0 spiro atoms. The minimum atomic E-state index is 0.0449. The fourth-order valence-electron chi connectivity index (χ4n) is 1.89. The maximum Gasteiger partial charge on any atom is 0.199 e. The van der Waals surface area contributed by atoms with Crippen LogP contribution < -0.4 is 10.6 Å². The van der Waals surface area contributed by atoms with Gasteiger partial charge in [-0.25, -0.2) is 0 Å². The van der Waals surface area contributed by atoms with Crippen molar-refractivity contribution < 1.29 is 0 Å². The Morgan fingerprint density at radius 2 is 2.00 bits per heavy atom. The van der Waals surface area contributed by atoms with Crippen LogP contribution >= 0.6 is 0 Å². The summed E-state index contributed by atoms with van der Waals surface area (Å²) in [5.41, 5.74) is 7.62. The van der Waals surface area contributed by atoms with Crippen molar-refractivity contribution in [3.63, 3.8) is 0 Å². The second-order valence-electron chi connectivity index (χ2n) is 4.23. The molecule has 3 rings (SSSR count). The van der Waals surface area contributed by atoms with E-state index in [1.165, 1.54) is 0 Å². The number of tetrazole rings is 1. The predicted octanol–water partition coefficient (Wildman–Crippen LogP) is 0.571. The number of nitrogens with zero attached hydrogens (tertiary/aromatic N) is 6. The first-order valence-electron chi connectivity index (χ1n) is 5.87. The van der Waals surface area contributed by atoms with E-state index in [1.54, 1.807) is 29.0 Å². The summed E-state index contributed by atoms with van der Waals surface area (Å²) in [7, 11) is 1.89. The van der Waals surface area contributed by atoms with Gasteiger partial charge in [0.15, 0.2) is 11.5 Å². The molecule has 3 N–H and O–H groups in total. The van der Waals surface area contributed by atoms with Gasteiger partial charge in [-0.05, 0) is 34.7 Å². The molecule has 0 saturated carbocycles. The molecule has 8 nitrogen and oxygen atoms in total. The Morgan fingerprint density at radius 1 is 1.25 bits per heavy atom. The predicted molar refractivity (Wildman–Crippen MR) is 74.1 cm³/mol. The van der Waals surface area contributed by atoms with Gasteiger partial charge in [0.05, 0.1) is 12.4 Å². The van der Waals surface area contributed by atoms with Crippen LogP contribution in [0.1, 0.15) is 5.56 Å². The maximum absolute atomic E-state index is 7.39. The summed E-state index contributed by atoms with van der Waals surface area (Å²) in [5.74, 6) is 0.784. The average molecular weight is 268 g/mol. The third-order valence-electron chi connectivity index (χ3n) is 3.00. The van der Waals surface area contributed by atoms with Gasteiger partial charge in [0, 0.05) is 18.3 Å². The SMILES string of the molecule is CN(c1ccc(C(=N)N)cc1)c1cncc2nnnn12. The molecule has 0 aliphatic carbocycles. The highest BCUT2D eigenvalue weighted by Crippen LogP contribution is 2.22. The Kier molecular flexibility index (Phi) is 2.75. The van der Waals surface area contributed by atoms with E-state index < -0.39 is 0 Å². The number of hydrogen-bond acceptors (Lipinski definition) is 6. The lowest BCUT2D eigenvalue weighted by atomic mass is 10.2. The number of benzene rings is 1. The largest absolute Gasteiger partial charge is 0.384 e. The lowest BCUT2D eigenvalue weighted by Gasteiger charge is -2.19. The summed E-state index contributed by atoms with van der Waals surface area (Å²) in [5, 5.41) is 18.8. The Labute approximate surface area is 114 Å². The van der Waals surface area contributed by atoms with Crippen molar-refractivity contribution in [3.8, 4) is 0 Å². The molecule has 1 aromatic carbocycles. The summed E-state index contributed by atoms with van der Waals surface area (Å²) in [6.07, 6.45) is 3.28. The molecule has 0 radical (unpaired) electrons. The highest BCUT2D eigenvalue weighted by atomic mass is 15.5. The summed E-state index contributed by atoms with van der Waals surface area (Å²) in [4.78, 5) is 6.02. The molecule has 0 bridgehead atoms. The summed E-state index contributed by atoms with van der Waals surface area (Å²) >= 11 is 0. The van der Waals surface area contributed by atoms with Crippen molar-refractivity contribution >= 4 is 23.0 Å². The molecule has 0 unspecified atom stereocenters. The zero-order valence-electron chi connectivity index (χ0n) is 10.7. The summed E-state index contributed by atoms with van der Waals surface area (Å²) in [6.45, 7) is 0. The molecule has 0 aliphatic heterocycles. The molecule has 0 saturated heterocycles. The lowest BCUT2D eigenvalue weighted by Crippen LogP contribution is -2.15. The van der Waals surface area contributed by atoms with Crippen LogP contribution in [0.25, 0.3) is 5.65 Å². The van der Waals surface area contributed by atoms with Crippen LogP contribution in [0.15, 0.2) is 36.7 Å². The van der Waals surface area contributed by atoms with Crippen molar-refractivity contribution in [2.24, 2.45) is 5.73 Å². The molecule has 100 valence electrons. The molecule has 20 heavy (non-hydrogen) atoms. The van der Waals surface area contributed by atoms with E-state index in [4.69, 9.17) is 11.1 Å². The highest BCUT2D eigenvalue weighted by molar-refractivity contribution is 5.95. The normalized spacial score (nSPS) is 10.7. The molecule has 8 heteroatoms. The van der Waals surface area contributed by atoms with Gasteiger partial charge < -0.3 is 10.6 Å². The number of rotatable bonds is 3. The smallest absolute Gasteiger partial charge is 0.199 e. The fourth-order valence-corrected chi connectivity index (χ4v) is 1.89. The standard InChI is InChI=1S/C12H12N8/c1-19(9-4-2-8(3-5-9)12(13)14)11-7-15-6-10-16-17-18-20(10)11/h2-7H,1H3,(H3,13,14). The zero-order chi connectivity index (χ0) is 14.1. The number of aromatic nitrogens is 5. The number of anilines is 2. The monoisotopic (exact) mass is 268 g/mol. The van der Waals surface area contributed by atoms with Crippen molar-refractivity contribution in [1.82, 2.24) is 25.0 Å². The van der Waals surface area contributed by atoms with Crippen molar-refractivity contribution in [2.75, 3.05) is 11.9 Å². The van der Waals surface area contributed by atoms with Crippen LogP contribution in [0, 0.1) is 5.41 Å². The van der Waals surface area contributed by atoms with Crippen LogP contribution in [-0.2, 0) is 0 Å². The first-order valence-corrected chi connectivity index (χ1v) is 5.87. The molecule has 2 aromatic heterocycles. The Balaban J connectivity index is 2.01. The number of hydrogen-bond donors (Lipinski definition) is 2. The second kappa shape index (κ2) is 4.57. The molecule has 0 aliphatic rings. The molecule has 2 heterocycles. The number of nitrogens with one attached hydrogen (secondary N) is 1. The van der Waals surface area contributed by atoms with Crippen LogP contribution in [0.3, 0.4) is 0 Å². The molecule has 0 fully saturated rings. The molecular formula is C12H12N8. The topological polar surface area (TPSA) is 109 Å². The van der Waals surface area contributed by atoms with Gasteiger partial charge in [0.2, 0.25) is 0 Å². The van der Waals surface area contributed by atoms with E-state index in [9.17, 15) is 0 Å². The van der Waals surface area contributed by atoms with E-state index in [1.807, 2.05) is 24.1 Å². The van der Waals surface area contributed by atoms with E-state index in [2.05, 4.69) is 20.5 Å². The van der Waals surface area contributed by atoms with E-state index in [0.717, 1.165) is 11.5 Å². The van der Waals surface area contributed by atoms with Crippen LogP contribution in [-0.4, -0.2) is 37.9 Å². The quantitative estimate of drug-likeness (QED) is 0.531. The van der Waals surface area contributed by atoms with Gasteiger partial charge >= 0.3 is 0 Å². The molecule has 3 aromatic rings. The first-order chi connectivity index (χ1) is 9.66. The minimum absolute atomic E-state index is 0.0449. The number of amidine groups is 1. The van der Waals surface area contributed by atoms with Gasteiger partial charge in [-0.15, -0.1) is 5.10 Å². The second-order valence-corrected chi connectivity index (χ2v) is 4.23. The lowest BCUT2D eigenvalue weighted by molar-refractivity contribution is 0.813. The Hall–Kier alpha value is -3.03. The van der Waals surface area contributed by atoms with Crippen LogP contribution in [0.4, 0.5) is 11.5 Å². The fraction of sp³-hybridized carbons (Fsp3) is 0.0833. The Bertz CT molecular complexity index is 760. The molecule has 0 amide bonds. The summed E-state index contributed by atoms with van der Waals surface area (Å²) in [6, 6.07) is 7.34. The van der Waals surface area contributed by atoms with Crippen molar-refractivity contribution in [1.29, 1.82) is 5.41 Å². The number of nitrogen functional groups attached to an aromatic ring is 1. The van der Waals surface area contributed by atoms with Gasteiger partial charge in [0.25, 0.3) is 0 Å². The molecular weight excluding hydrogens is 256 g/mol. The van der Waals surface area contributed by atoms with E-state index in [0.29, 0.717) is 11.2 Å². The van der Waals surface area contributed by atoms with Gasteiger partial charge in [0.1, 0.15) is 5.84 Å². The van der Waals surface area contributed by atoms with E-state index in [-0.39, 0.29) is 5.84 Å². The third kappa shape index (κ3) is 1.92. The van der Waals surface area contributed by atoms with Crippen molar-refractivity contribution in [3.05, 3.63) is 42.2 Å². The van der Waals surface area contributed by atoms with Gasteiger partial charge in [-0.2, -0.15) is 4.52 Å². The van der Waals surface area contributed by atoms with E-state index >= 15 is 0 Å². The Morgan fingerprint density at radius 3 is 2.70 bits per heavy atom. The van der Waals surface area contributed by atoms with Gasteiger partial charge in [-0.1, -0.05) is 0 Å². The zero-order valence-corrected chi connectivity index (χ0v) is 10.7. The number of nitrogens with two attached hydrogens (primary N) is 1. The van der Waals surface area contributed by atoms with Crippen LogP contribution in [0.2, 0.25) is 0 Å². The van der Waals surface area contributed by atoms with Crippen LogP contribution in [0.5, 0.6) is 0 Å². The molecule has 0 atom stereocenters. The average Bonchev–Trinajstić information content (AvgIpc) is 2.95. The summed E-state index contributed by atoms with van der Waals surface area (Å²) < 4.78 is 1.60. The third-order valence-corrected chi connectivity index (χ3v) is 3.00. The maximum atomic E-state index is 7.39. The number of fused-ring (bicyclic) bond motifs is 1. The first kappa shape index (κ1) is 12.0. The van der Waals surface area contributed by atoms with Gasteiger partial charge in [-0.3, -0.25) is 10.4 Å². The minimum Gasteiger partial charge on any atom is -0.384 e.